The van der Waals surface area contributed by atoms with E-state index in [9.17, 15) is 4.79 Å². The van der Waals surface area contributed by atoms with E-state index in [1.807, 2.05) is 19.2 Å². The van der Waals surface area contributed by atoms with Gasteiger partial charge in [-0.25, -0.2) is 4.98 Å². The highest BCUT2D eigenvalue weighted by molar-refractivity contribution is 7.14. The van der Waals surface area contributed by atoms with E-state index in [1.165, 1.54) is 22.7 Å². The average Bonchev–Trinajstić information content (AvgIpc) is 3.07. The van der Waals surface area contributed by atoms with Crippen molar-refractivity contribution in [2.75, 3.05) is 6.61 Å². The van der Waals surface area contributed by atoms with Crippen molar-refractivity contribution in [3.05, 3.63) is 38.5 Å². The molecule has 0 bridgehead atoms. The third kappa shape index (κ3) is 3.45. The third-order valence-electron chi connectivity index (χ3n) is 2.51. The predicted molar refractivity (Wildman–Crippen MR) is 80.9 cm³/mol. The maximum atomic E-state index is 12.2. The van der Waals surface area contributed by atoms with Crippen molar-refractivity contribution >= 4 is 28.6 Å². The molecule has 0 unspecified atom stereocenters. The van der Waals surface area contributed by atoms with E-state index in [2.05, 4.69) is 22.1 Å². The van der Waals surface area contributed by atoms with Crippen molar-refractivity contribution in [1.82, 2.24) is 10.3 Å². The Morgan fingerprint density at radius 3 is 2.95 bits per heavy atom. The monoisotopic (exact) mass is 306 g/mol. The number of hydrogen-bond acceptors (Lipinski definition) is 5. The third-order valence-corrected chi connectivity index (χ3v) is 4.61. The number of aromatic nitrogens is 1. The van der Waals surface area contributed by atoms with Crippen molar-refractivity contribution in [3.8, 4) is 11.8 Å². The molecule has 0 aliphatic heterocycles. The highest BCUT2D eigenvalue weighted by Gasteiger charge is 2.26. The fourth-order valence-electron chi connectivity index (χ4n) is 1.58. The zero-order chi connectivity index (χ0) is 14.6. The predicted octanol–water partition coefficient (Wildman–Crippen LogP) is 2.21. The van der Waals surface area contributed by atoms with E-state index in [0.717, 1.165) is 9.88 Å². The first-order chi connectivity index (χ1) is 9.53. The van der Waals surface area contributed by atoms with Gasteiger partial charge in [0.15, 0.2) is 0 Å². The molecule has 0 aliphatic carbocycles. The van der Waals surface area contributed by atoms with Gasteiger partial charge in [0.1, 0.15) is 11.6 Å². The van der Waals surface area contributed by atoms with Crippen LogP contribution in [0.5, 0.6) is 0 Å². The van der Waals surface area contributed by atoms with E-state index in [0.29, 0.717) is 4.88 Å². The van der Waals surface area contributed by atoms with Gasteiger partial charge in [0.05, 0.1) is 15.3 Å². The first-order valence-corrected chi connectivity index (χ1v) is 7.64. The number of nitrogens with zero attached hydrogens (tertiary/aromatic N) is 1. The van der Waals surface area contributed by atoms with Gasteiger partial charge in [-0.3, -0.25) is 4.79 Å². The fourth-order valence-corrected chi connectivity index (χ4v) is 3.08. The van der Waals surface area contributed by atoms with Crippen LogP contribution in [0.15, 0.2) is 23.7 Å². The standard InChI is InChI=1S/C14H14N2O2S2/c1-14(2,13-15-7-9-19-13)16-12(18)11-6-5-10(20-11)4-3-8-17/h5-7,9,17H,8H2,1-2H3,(H,16,18). The Kier molecular flexibility index (Phi) is 4.55. The molecular weight excluding hydrogens is 292 g/mol. The van der Waals surface area contributed by atoms with Crippen LogP contribution in [0, 0.1) is 11.8 Å². The quantitative estimate of drug-likeness (QED) is 0.855. The number of aliphatic hydroxyl groups is 1. The summed E-state index contributed by atoms with van der Waals surface area (Å²) in [6, 6.07) is 3.51. The minimum atomic E-state index is -0.508. The van der Waals surface area contributed by atoms with Crippen LogP contribution in [0.4, 0.5) is 0 Å². The van der Waals surface area contributed by atoms with Gasteiger partial charge in [-0.15, -0.1) is 22.7 Å². The zero-order valence-corrected chi connectivity index (χ0v) is 12.8. The Morgan fingerprint density at radius 1 is 1.50 bits per heavy atom. The molecule has 6 heteroatoms. The van der Waals surface area contributed by atoms with Gasteiger partial charge in [-0.05, 0) is 26.0 Å². The molecule has 0 spiro atoms. The molecule has 0 saturated carbocycles. The number of rotatable bonds is 3. The molecule has 2 heterocycles. The molecule has 2 rings (SSSR count). The second-order valence-electron chi connectivity index (χ2n) is 4.54. The van der Waals surface area contributed by atoms with Gasteiger partial charge in [-0.2, -0.15) is 0 Å². The second kappa shape index (κ2) is 6.18. The molecule has 0 fully saturated rings. The average molecular weight is 306 g/mol. The summed E-state index contributed by atoms with van der Waals surface area (Å²) < 4.78 is 0. The summed E-state index contributed by atoms with van der Waals surface area (Å²) in [7, 11) is 0. The highest BCUT2D eigenvalue weighted by Crippen LogP contribution is 2.23. The summed E-state index contributed by atoms with van der Waals surface area (Å²) in [5.74, 6) is 5.21. The van der Waals surface area contributed by atoms with Crippen molar-refractivity contribution in [2.45, 2.75) is 19.4 Å². The largest absolute Gasteiger partial charge is 0.384 e. The van der Waals surface area contributed by atoms with Crippen molar-refractivity contribution < 1.29 is 9.90 Å². The maximum absolute atomic E-state index is 12.2. The Hall–Kier alpha value is -1.68. The molecule has 0 saturated heterocycles. The molecule has 1 amide bonds. The van der Waals surface area contributed by atoms with Gasteiger partial charge in [0.25, 0.3) is 5.91 Å². The minimum absolute atomic E-state index is 0.146. The Balaban J connectivity index is 2.10. The lowest BCUT2D eigenvalue weighted by molar-refractivity contribution is 0.0916. The van der Waals surface area contributed by atoms with Gasteiger partial charge in [0, 0.05) is 11.6 Å². The molecule has 0 aliphatic rings. The topological polar surface area (TPSA) is 62.2 Å². The van der Waals surface area contributed by atoms with Crippen molar-refractivity contribution in [1.29, 1.82) is 0 Å². The summed E-state index contributed by atoms with van der Waals surface area (Å²) >= 11 is 2.82. The number of nitrogens with one attached hydrogen (secondary N) is 1. The van der Waals surface area contributed by atoms with E-state index in [1.54, 1.807) is 18.3 Å². The number of amides is 1. The molecular formula is C14H14N2O2S2. The smallest absolute Gasteiger partial charge is 0.262 e. The first kappa shape index (κ1) is 14.7. The van der Waals surface area contributed by atoms with Crippen LogP contribution in [0.25, 0.3) is 0 Å². The SMILES string of the molecule is CC(C)(NC(=O)c1ccc(C#CCO)s1)c1nccs1. The molecule has 2 N–H and O–H groups in total. The summed E-state index contributed by atoms with van der Waals surface area (Å²) in [5, 5.41) is 14.4. The van der Waals surface area contributed by atoms with Crippen LogP contribution in [-0.2, 0) is 5.54 Å². The lowest BCUT2D eigenvalue weighted by Gasteiger charge is -2.23. The number of thiophene rings is 1. The van der Waals surface area contributed by atoms with Crippen LogP contribution in [-0.4, -0.2) is 22.6 Å². The number of aliphatic hydroxyl groups excluding tert-OH is 1. The highest BCUT2D eigenvalue weighted by atomic mass is 32.1. The van der Waals surface area contributed by atoms with Crippen molar-refractivity contribution in [2.24, 2.45) is 0 Å². The van der Waals surface area contributed by atoms with Crippen LogP contribution in [0.1, 0.15) is 33.4 Å². The lowest BCUT2D eigenvalue weighted by Crippen LogP contribution is -2.40. The van der Waals surface area contributed by atoms with E-state index in [-0.39, 0.29) is 12.5 Å². The summed E-state index contributed by atoms with van der Waals surface area (Å²) in [6.07, 6.45) is 1.72. The normalized spacial score (nSPS) is 10.8. The Morgan fingerprint density at radius 2 is 2.30 bits per heavy atom. The molecule has 2 aromatic rings. The number of thiazole rings is 1. The summed E-state index contributed by atoms with van der Waals surface area (Å²) in [6.45, 7) is 3.66. The molecule has 2 aromatic heterocycles. The van der Waals surface area contributed by atoms with Gasteiger partial charge >= 0.3 is 0 Å². The van der Waals surface area contributed by atoms with E-state index < -0.39 is 5.54 Å². The summed E-state index contributed by atoms with van der Waals surface area (Å²) in [4.78, 5) is 17.8. The van der Waals surface area contributed by atoms with Crippen molar-refractivity contribution in [3.63, 3.8) is 0 Å². The Labute approximate surface area is 125 Å². The van der Waals surface area contributed by atoms with Crippen LogP contribution >= 0.6 is 22.7 Å². The fraction of sp³-hybridized carbons (Fsp3) is 0.286. The molecule has 104 valence electrons. The molecule has 20 heavy (non-hydrogen) atoms. The number of hydrogen-bond donors (Lipinski definition) is 2. The molecule has 0 atom stereocenters. The Bertz CT molecular complexity index is 648. The van der Waals surface area contributed by atoms with Gasteiger partial charge < -0.3 is 10.4 Å². The first-order valence-electron chi connectivity index (χ1n) is 5.95. The van der Waals surface area contributed by atoms with Crippen LogP contribution in [0.2, 0.25) is 0 Å². The van der Waals surface area contributed by atoms with E-state index in [4.69, 9.17) is 5.11 Å². The molecule has 0 radical (unpaired) electrons. The zero-order valence-electron chi connectivity index (χ0n) is 11.1. The lowest BCUT2D eigenvalue weighted by atomic mass is 10.1. The number of carbonyl (C=O) groups is 1. The molecule has 4 nitrogen and oxygen atoms in total. The summed E-state index contributed by atoms with van der Waals surface area (Å²) in [5.41, 5.74) is -0.508. The minimum Gasteiger partial charge on any atom is -0.384 e. The van der Waals surface area contributed by atoms with Gasteiger partial charge in [-0.1, -0.05) is 11.8 Å². The van der Waals surface area contributed by atoms with Crippen LogP contribution < -0.4 is 5.32 Å². The maximum Gasteiger partial charge on any atom is 0.262 e. The van der Waals surface area contributed by atoms with Gasteiger partial charge in [0.2, 0.25) is 0 Å². The molecule has 0 aromatic carbocycles. The van der Waals surface area contributed by atoms with Crippen LogP contribution in [0.3, 0.4) is 0 Å². The number of carbonyl (C=O) groups excluding carboxylic acids is 1. The van der Waals surface area contributed by atoms with E-state index >= 15 is 0 Å². The second-order valence-corrected chi connectivity index (χ2v) is 6.52.